The van der Waals surface area contributed by atoms with Crippen LogP contribution >= 0.6 is 0 Å². The minimum absolute atomic E-state index is 0.0804. The van der Waals surface area contributed by atoms with Crippen molar-refractivity contribution in [2.24, 2.45) is 4.99 Å². The van der Waals surface area contributed by atoms with Crippen molar-refractivity contribution in [3.63, 3.8) is 0 Å². The molecule has 1 unspecified atom stereocenters. The molecular formula is C19H29N5O2. The molecule has 0 radical (unpaired) electrons. The molecule has 2 heterocycles. The number of hydrogen-bond acceptors (Lipinski definition) is 4. The number of piperazine rings is 1. The molecule has 7 heteroatoms. The maximum absolute atomic E-state index is 11.5. The summed E-state index contributed by atoms with van der Waals surface area (Å²) in [7, 11) is 1.78. The first-order chi connectivity index (χ1) is 12.6. The average Bonchev–Trinajstić information content (AvgIpc) is 3.09. The van der Waals surface area contributed by atoms with E-state index in [4.69, 9.17) is 4.74 Å². The Morgan fingerprint density at radius 3 is 2.81 bits per heavy atom. The Balaban J connectivity index is 1.48. The first-order valence-corrected chi connectivity index (χ1v) is 9.27. The fraction of sp³-hybridized carbons (Fsp3) is 0.579. The zero-order valence-corrected chi connectivity index (χ0v) is 15.7. The fourth-order valence-corrected chi connectivity index (χ4v) is 3.34. The third-order valence-corrected chi connectivity index (χ3v) is 4.95. The zero-order valence-electron chi connectivity index (χ0n) is 15.7. The van der Waals surface area contributed by atoms with Crippen LogP contribution in [-0.2, 0) is 16.1 Å². The highest BCUT2D eigenvalue weighted by Gasteiger charge is 2.29. The molecule has 1 aromatic rings. The monoisotopic (exact) mass is 359 g/mol. The van der Waals surface area contributed by atoms with Crippen LogP contribution in [0.1, 0.15) is 25.3 Å². The van der Waals surface area contributed by atoms with E-state index in [1.807, 2.05) is 0 Å². The van der Waals surface area contributed by atoms with E-state index in [1.54, 1.807) is 7.05 Å². The third-order valence-electron chi connectivity index (χ3n) is 4.95. The summed E-state index contributed by atoms with van der Waals surface area (Å²) >= 11 is 0. The van der Waals surface area contributed by atoms with Gasteiger partial charge in [0.25, 0.3) is 0 Å². The maximum Gasteiger partial charge on any atom is 0.239 e. The molecule has 3 N–H and O–H groups in total. The van der Waals surface area contributed by atoms with E-state index < -0.39 is 0 Å². The normalized spacial score (nSPS) is 23.7. The van der Waals surface area contributed by atoms with Gasteiger partial charge < -0.3 is 25.6 Å². The number of amides is 1. The van der Waals surface area contributed by atoms with Crippen LogP contribution in [0.3, 0.4) is 0 Å². The Bertz CT molecular complexity index is 638. The summed E-state index contributed by atoms with van der Waals surface area (Å²) in [6.07, 6.45) is 2.20. The lowest BCUT2D eigenvalue weighted by Gasteiger charge is -2.28. The van der Waals surface area contributed by atoms with Crippen LogP contribution in [0.5, 0.6) is 0 Å². The van der Waals surface area contributed by atoms with Gasteiger partial charge >= 0.3 is 0 Å². The molecule has 2 fully saturated rings. The van der Waals surface area contributed by atoms with Gasteiger partial charge in [-0.1, -0.05) is 12.1 Å². The summed E-state index contributed by atoms with van der Waals surface area (Å²) in [6, 6.07) is 8.31. The minimum atomic E-state index is -0.0972. The Morgan fingerprint density at radius 2 is 2.15 bits per heavy atom. The molecule has 0 saturated carbocycles. The highest BCUT2D eigenvalue weighted by Crippen LogP contribution is 2.23. The van der Waals surface area contributed by atoms with E-state index in [2.05, 4.69) is 57.0 Å². The van der Waals surface area contributed by atoms with Crippen molar-refractivity contribution in [1.29, 1.82) is 0 Å². The van der Waals surface area contributed by atoms with E-state index in [1.165, 1.54) is 5.56 Å². The van der Waals surface area contributed by atoms with Crippen molar-refractivity contribution in [2.75, 3.05) is 44.7 Å². The van der Waals surface area contributed by atoms with Crippen molar-refractivity contribution < 1.29 is 9.53 Å². The van der Waals surface area contributed by atoms with Crippen LogP contribution in [0.2, 0.25) is 0 Å². The second-order valence-electron chi connectivity index (χ2n) is 7.12. The van der Waals surface area contributed by atoms with Gasteiger partial charge in [0.05, 0.1) is 12.1 Å². The number of nitrogens with zero attached hydrogens (tertiary/aromatic N) is 2. The third kappa shape index (κ3) is 4.88. The van der Waals surface area contributed by atoms with Crippen LogP contribution in [0, 0.1) is 0 Å². The van der Waals surface area contributed by atoms with E-state index >= 15 is 0 Å². The predicted molar refractivity (Wildman–Crippen MR) is 103 cm³/mol. The summed E-state index contributed by atoms with van der Waals surface area (Å²) in [5, 5.41) is 9.54. The molecule has 26 heavy (non-hydrogen) atoms. The fourth-order valence-electron chi connectivity index (χ4n) is 3.34. The Labute approximate surface area is 155 Å². The molecule has 3 rings (SSSR count). The second-order valence-corrected chi connectivity index (χ2v) is 7.12. The van der Waals surface area contributed by atoms with E-state index in [0.29, 0.717) is 19.6 Å². The number of carbonyl (C=O) groups excluding carboxylic acids is 1. The lowest BCUT2D eigenvalue weighted by Crippen LogP contribution is -2.47. The van der Waals surface area contributed by atoms with Gasteiger partial charge in [-0.05, 0) is 37.5 Å². The lowest BCUT2D eigenvalue weighted by molar-refractivity contribution is -0.120. The summed E-state index contributed by atoms with van der Waals surface area (Å²) in [6.45, 7) is 6.40. The summed E-state index contributed by atoms with van der Waals surface area (Å²) in [4.78, 5) is 17.9. The van der Waals surface area contributed by atoms with Crippen LogP contribution in [0.25, 0.3) is 0 Å². The topological polar surface area (TPSA) is 78.0 Å². The first kappa shape index (κ1) is 18.5. The van der Waals surface area contributed by atoms with Crippen LogP contribution in [-0.4, -0.2) is 57.3 Å². The highest BCUT2D eigenvalue weighted by molar-refractivity contribution is 5.82. The van der Waals surface area contributed by atoms with E-state index in [9.17, 15) is 4.79 Å². The standard InChI is InChI=1S/C19H29N5O2/c1-19(8-3-11-26-19)14-23-18(20-2)22-12-15-4-6-16(7-5-15)24-10-9-21-17(25)13-24/h4-7H,3,8-14H2,1-2H3,(H,21,25)(H2,20,22,23). The van der Waals surface area contributed by atoms with E-state index in [0.717, 1.165) is 44.2 Å². The van der Waals surface area contributed by atoms with Crippen molar-refractivity contribution in [3.05, 3.63) is 29.8 Å². The molecule has 0 aromatic heterocycles. The van der Waals surface area contributed by atoms with Gasteiger partial charge in [0.2, 0.25) is 5.91 Å². The van der Waals surface area contributed by atoms with Crippen molar-refractivity contribution >= 4 is 17.6 Å². The number of benzene rings is 1. The molecule has 0 spiro atoms. The van der Waals surface area contributed by atoms with Gasteiger partial charge in [0, 0.05) is 45.5 Å². The van der Waals surface area contributed by atoms with Crippen molar-refractivity contribution in [1.82, 2.24) is 16.0 Å². The minimum Gasteiger partial charge on any atom is -0.373 e. The molecule has 0 bridgehead atoms. The number of guanidine groups is 1. The SMILES string of the molecule is CN=C(NCc1ccc(N2CCNC(=O)C2)cc1)NCC1(C)CCCO1. The molecule has 7 nitrogen and oxygen atoms in total. The molecular weight excluding hydrogens is 330 g/mol. The number of rotatable bonds is 5. The first-order valence-electron chi connectivity index (χ1n) is 9.27. The van der Waals surface area contributed by atoms with Crippen LogP contribution in [0.15, 0.2) is 29.3 Å². The number of hydrogen-bond donors (Lipinski definition) is 3. The Morgan fingerprint density at radius 1 is 1.35 bits per heavy atom. The van der Waals surface area contributed by atoms with Crippen LogP contribution < -0.4 is 20.9 Å². The quantitative estimate of drug-likeness (QED) is 0.537. The number of ether oxygens (including phenoxy) is 1. The summed E-state index contributed by atoms with van der Waals surface area (Å²) < 4.78 is 5.80. The van der Waals surface area contributed by atoms with Crippen molar-refractivity contribution in [2.45, 2.75) is 31.9 Å². The maximum atomic E-state index is 11.5. The Kier molecular flexibility index (Phi) is 5.98. The zero-order chi connectivity index (χ0) is 18.4. The summed E-state index contributed by atoms with van der Waals surface area (Å²) in [5.74, 6) is 0.857. The van der Waals surface area contributed by atoms with Crippen molar-refractivity contribution in [3.8, 4) is 0 Å². The number of nitrogens with one attached hydrogen (secondary N) is 3. The summed E-state index contributed by atoms with van der Waals surface area (Å²) in [5.41, 5.74) is 2.15. The lowest BCUT2D eigenvalue weighted by atomic mass is 10.0. The molecule has 2 aliphatic rings. The number of anilines is 1. The smallest absolute Gasteiger partial charge is 0.239 e. The van der Waals surface area contributed by atoms with E-state index in [-0.39, 0.29) is 11.5 Å². The average molecular weight is 359 g/mol. The van der Waals surface area contributed by atoms with Gasteiger partial charge in [0.1, 0.15) is 0 Å². The van der Waals surface area contributed by atoms with Gasteiger partial charge in [-0.2, -0.15) is 0 Å². The Hall–Kier alpha value is -2.28. The highest BCUT2D eigenvalue weighted by atomic mass is 16.5. The number of aliphatic imine (C=N–C) groups is 1. The van der Waals surface area contributed by atoms with Gasteiger partial charge in [-0.3, -0.25) is 9.79 Å². The molecule has 0 aliphatic carbocycles. The molecule has 2 saturated heterocycles. The predicted octanol–water partition coefficient (Wildman–Crippen LogP) is 0.857. The van der Waals surface area contributed by atoms with Gasteiger partial charge in [-0.25, -0.2) is 0 Å². The van der Waals surface area contributed by atoms with Gasteiger partial charge in [0.15, 0.2) is 5.96 Å². The van der Waals surface area contributed by atoms with Gasteiger partial charge in [-0.15, -0.1) is 0 Å². The molecule has 142 valence electrons. The van der Waals surface area contributed by atoms with Crippen LogP contribution in [0.4, 0.5) is 5.69 Å². The second kappa shape index (κ2) is 8.40. The molecule has 1 amide bonds. The molecule has 1 aromatic carbocycles. The molecule has 2 aliphatic heterocycles. The number of carbonyl (C=O) groups is 1. The largest absolute Gasteiger partial charge is 0.373 e. The molecule has 1 atom stereocenters.